The summed E-state index contributed by atoms with van der Waals surface area (Å²) in [5.41, 5.74) is 3.80. The number of ether oxygens (including phenoxy) is 3. The Labute approximate surface area is 161 Å². The van der Waals surface area contributed by atoms with Crippen molar-refractivity contribution in [2.45, 2.75) is 0 Å². The Hall–Kier alpha value is -3.54. The van der Waals surface area contributed by atoms with Crippen LogP contribution in [0.3, 0.4) is 0 Å². The maximum atomic E-state index is 13.7. The van der Waals surface area contributed by atoms with Crippen LogP contribution >= 0.6 is 0 Å². The zero-order chi connectivity index (χ0) is 19.7. The maximum Gasteiger partial charge on any atom is 0.203 e. The lowest BCUT2D eigenvalue weighted by Gasteiger charge is -2.15. The molecule has 0 N–H and O–H groups in total. The summed E-state index contributed by atoms with van der Waals surface area (Å²) in [6, 6.07) is 14.0. The van der Waals surface area contributed by atoms with E-state index in [0.717, 1.165) is 16.8 Å². The fourth-order valence-electron chi connectivity index (χ4n) is 3.26. The zero-order valence-electron chi connectivity index (χ0n) is 15.8. The number of hydrogen-bond donors (Lipinski definition) is 0. The average Bonchev–Trinajstić information content (AvgIpc) is 3.20. The van der Waals surface area contributed by atoms with Crippen molar-refractivity contribution >= 4 is 5.52 Å². The van der Waals surface area contributed by atoms with Crippen molar-refractivity contribution in [1.82, 2.24) is 9.38 Å². The molecule has 5 nitrogen and oxygen atoms in total. The Kier molecular flexibility index (Phi) is 4.61. The second-order valence-electron chi connectivity index (χ2n) is 6.20. The normalized spacial score (nSPS) is 10.9. The van der Waals surface area contributed by atoms with Gasteiger partial charge in [0, 0.05) is 23.5 Å². The van der Waals surface area contributed by atoms with Crippen molar-refractivity contribution in [3.8, 4) is 39.8 Å². The molecule has 0 fully saturated rings. The van der Waals surface area contributed by atoms with Gasteiger partial charge in [0.2, 0.25) is 5.75 Å². The first kappa shape index (κ1) is 17.9. The number of benzene rings is 2. The Morgan fingerprint density at radius 3 is 2.25 bits per heavy atom. The van der Waals surface area contributed by atoms with Gasteiger partial charge in [-0.15, -0.1) is 0 Å². The first-order chi connectivity index (χ1) is 13.6. The van der Waals surface area contributed by atoms with Crippen LogP contribution in [-0.2, 0) is 0 Å². The summed E-state index contributed by atoms with van der Waals surface area (Å²) >= 11 is 0. The third kappa shape index (κ3) is 3.03. The van der Waals surface area contributed by atoms with Crippen molar-refractivity contribution in [1.29, 1.82) is 0 Å². The zero-order valence-corrected chi connectivity index (χ0v) is 15.8. The van der Waals surface area contributed by atoms with Gasteiger partial charge in [0.1, 0.15) is 5.82 Å². The minimum Gasteiger partial charge on any atom is -0.493 e. The maximum absolute atomic E-state index is 13.7. The number of hydrogen-bond acceptors (Lipinski definition) is 4. The smallest absolute Gasteiger partial charge is 0.203 e. The van der Waals surface area contributed by atoms with Gasteiger partial charge in [-0.25, -0.2) is 9.37 Å². The molecule has 28 heavy (non-hydrogen) atoms. The van der Waals surface area contributed by atoms with E-state index in [1.54, 1.807) is 27.4 Å². The molecule has 0 aliphatic heterocycles. The van der Waals surface area contributed by atoms with E-state index >= 15 is 0 Å². The molecule has 0 saturated heterocycles. The Balaban J connectivity index is 1.97. The number of aromatic nitrogens is 2. The molecular formula is C22H19FN2O3. The van der Waals surface area contributed by atoms with Crippen LogP contribution in [-0.4, -0.2) is 30.7 Å². The van der Waals surface area contributed by atoms with Crippen molar-refractivity contribution in [3.63, 3.8) is 0 Å². The van der Waals surface area contributed by atoms with Gasteiger partial charge < -0.3 is 18.6 Å². The highest BCUT2D eigenvalue weighted by atomic mass is 19.1. The van der Waals surface area contributed by atoms with Crippen LogP contribution in [0.4, 0.5) is 4.39 Å². The van der Waals surface area contributed by atoms with Crippen LogP contribution in [0, 0.1) is 5.82 Å². The minimum absolute atomic E-state index is 0.304. The highest BCUT2D eigenvalue weighted by Gasteiger charge is 2.17. The van der Waals surface area contributed by atoms with Gasteiger partial charge in [0.05, 0.1) is 38.2 Å². The molecule has 2 aromatic carbocycles. The van der Waals surface area contributed by atoms with E-state index in [2.05, 4.69) is 0 Å². The van der Waals surface area contributed by atoms with Crippen LogP contribution < -0.4 is 14.2 Å². The molecule has 2 heterocycles. The van der Waals surface area contributed by atoms with E-state index in [4.69, 9.17) is 19.2 Å². The Morgan fingerprint density at radius 2 is 1.61 bits per heavy atom. The van der Waals surface area contributed by atoms with Crippen molar-refractivity contribution in [3.05, 3.63) is 66.7 Å². The van der Waals surface area contributed by atoms with Crippen LogP contribution in [0.5, 0.6) is 17.2 Å². The molecule has 0 aliphatic rings. The molecule has 0 spiro atoms. The van der Waals surface area contributed by atoms with E-state index in [1.807, 2.05) is 47.1 Å². The van der Waals surface area contributed by atoms with Gasteiger partial charge >= 0.3 is 0 Å². The second kappa shape index (κ2) is 7.23. The summed E-state index contributed by atoms with van der Waals surface area (Å²) in [6.07, 6.45) is 3.81. The lowest BCUT2D eigenvalue weighted by Crippen LogP contribution is -1.98. The summed E-state index contributed by atoms with van der Waals surface area (Å²) in [4.78, 5) is 4.82. The fraction of sp³-hybridized carbons (Fsp3) is 0.136. The second-order valence-corrected chi connectivity index (χ2v) is 6.20. The lowest BCUT2D eigenvalue weighted by molar-refractivity contribution is 0.324. The minimum atomic E-state index is -0.304. The van der Waals surface area contributed by atoms with Gasteiger partial charge in [0.15, 0.2) is 11.5 Å². The third-order valence-electron chi connectivity index (χ3n) is 4.57. The molecule has 6 heteroatoms. The highest BCUT2D eigenvalue weighted by Crippen LogP contribution is 2.42. The molecule has 0 radical (unpaired) electrons. The van der Waals surface area contributed by atoms with Gasteiger partial charge in [-0.1, -0.05) is 12.1 Å². The summed E-state index contributed by atoms with van der Waals surface area (Å²) in [6.45, 7) is 0. The first-order valence-electron chi connectivity index (χ1n) is 8.68. The quantitative estimate of drug-likeness (QED) is 0.499. The van der Waals surface area contributed by atoms with Gasteiger partial charge in [-0.05, 0) is 36.4 Å². The largest absolute Gasteiger partial charge is 0.493 e. The number of methoxy groups -OCH3 is 3. The van der Waals surface area contributed by atoms with Gasteiger partial charge in [-0.2, -0.15) is 0 Å². The van der Waals surface area contributed by atoms with Crippen LogP contribution in [0.1, 0.15) is 0 Å². The standard InChI is InChI=1S/C22H19FN2O3/c1-26-19-11-15(12-20(27-2)22(19)28-3)21-18-8-5-9-25(18)13-17(24-21)14-6-4-7-16(23)10-14/h4-13H,1-3H3. The summed E-state index contributed by atoms with van der Waals surface area (Å²) < 4.78 is 32.1. The SMILES string of the molecule is COc1cc(-c2nc(-c3cccc(F)c3)cn3cccc23)cc(OC)c1OC. The monoisotopic (exact) mass is 378 g/mol. The van der Waals surface area contributed by atoms with E-state index in [1.165, 1.54) is 12.1 Å². The molecule has 4 rings (SSSR count). The van der Waals surface area contributed by atoms with Crippen LogP contribution in [0.2, 0.25) is 0 Å². The summed E-state index contributed by atoms with van der Waals surface area (Å²) in [5.74, 6) is 1.29. The van der Waals surface area contributed by atoms with E-state index in [0.29, 0.717) is 28.5 Å². The van der Waals surface area contributed by atoms with E-state index in [9.17, 15) is 4.39 Å². The predicted octanol–water partition coefficient (Wildman–Crippen LogP) is 4.83. The van der Waals surface area contributed by atoms with Crippen molar-refractivity contribution in [2.75, 3.05) is 21.3 Å². The van der Waals surface area contributed by atoms with Crippen LogP contribution in [0.15, 0.2) is 60.9 Å². The van der Waals surface area contributed by atoms with Gasteiger partial charge in [-0.3, -0.25) is 0 Å². The van der Waals surface area contributed by atoms with Crippen molar-refractivity contribution in [2.24, 2.45) is 0 Å². The van der Waals surface area contributed by atoms with E-state index in [-0.39, 0.29) is 5.82 Å². The molecule has 0 unspecified atom stereocenters. The molecule has 142 valence electrons. The molecule has 0 aliphatic carbocycles. The van der Waals surface area contributed by atoms with Crippen LogP contribution in [0.25, 0.3) is 28.0 Å². The Bertz CT molecular complexity index is 1130. The number of fused-ring (bicyclic) bond motifs is 1. The molecule has 0 atom stereocenters. The molecule has 0 amide bonds. The van der Waals surface area contributed by atoms with E-state index < -0.39 is 0 Å². The number of nitrogens with zero attached hydrogens (tertiary/aromatic N) is 2. The summed E-state index contributed by atoms with van der Waals surface area (Å²) in [5, 5.41) is 0. The highest BCUT2D eigenvalue weighted by molar-refractivity contribution is 5.82. The first-order valence-corrected chi connectivity index (χ1v) is 8.68. The average molecular weight is 378 g/mol. The third-order valence-corrected chi connectivity index (χ3v) is 4.57. The number of rotatable bonds is 5. The number of halogens is 1. The fourth-order valence-corrected chi connectivity index (χ4v) is 3.26. The molecule has 4 aromatic rings. The molecule has 0 saturated carbocycles. The van der Waals surface area contributed by atoms with Crippen molar-refractivity contribution < 1.29 is 18.6 Å². The molecule has 0 bridgehead atoms. The topological polar surface area (TPSA) is 45.0 Å². The Morgan fingerprint density at radius 1 is 0.857 bits per heavy atom. The molecular weight excluding hydrogens is 359 g/mol. The molecule has 2 aromatic heterocycles. The predicted molar refractivity (Wildman–Crippen MR) is 106 cm³/mol. The lowest BCUT2D eigenvalue weighted by atomic mass is 10.1. The summed E-state index contributed by atoms with van der Waals surface area (Å²) in [7, 11) is 4.71. The van der Waals surface area contributed by atoms with Gasteiger partial charge in [0.25, 0.3) is 0 Å².